The first-order valence-corrected chi connectivity index (χ1v) is 6.53. The lowest BCUT2D eigenvalue weighted by atomic mass is 10.0. The second kappa shape index (κ2) is 5.45. The van der Waals surface area contributed by atoms with E-state index in [1.807, 2.05) is 0 Å². The van der Waals surface area contributed by atoms with Gasteiger partial charge >= 0.3 is 0 Å². The van der Waals surface area contributed by atoms with Gasteiger partial charge in [-0.05, 0) is 31.7 Å². The molecule has 4 nitrogen and oxygen atoms in total. The predicted molar refractivity (Wildman–Crippen MR) is 68.0 cm³/mol. The molecule has 1 aliphatic carbocycles. The van der Waals surface area contributed by atoms with Crippen molar-refractivity contribution in [3.63, 3.8) is 0 Å². The first kappa shape index (κ1) is 12.3. The van der Waals surface area contributed by atoms with Gasteiger partial charge in [0.1, 0.15) is 5.82 Å². The molecule has 0 amide bonds. The summed E-state index contributed by atoms with van der Waals surface area (Å²) in [5.74, 6) is 2.10. The maximum Gasteiger partial charge on any atom is 0.251 e. The zero-order chi connectivity index (χ0) is 12.3. The minimum Gasteiger partial charge on any atom is -0.330 e. The standard InChI is InChI=1S/C13H21N3O/c1-2-9-3-4-10(7-9)13-15-11(5-6-14)8-12(17)16-13/h8-10H,2-7,14H2,1H3,(H,15,16,17). The third-order valence-corrected chi connectivity index (χ3v) is 3.72. The van der Waals surface area contributed by atoms with Crippen molar-refractivity contribution in [3.8, 4) is 0 Å². The lowest BCUT2D eigenvalue weighted by molar-refractivity contribution is 0.516. The number of aromatic amines is 1. The van der Waals surface area contributed by atoms with Crippen molar-refractivity contribution >= 4 is 0 Å². The molecule has 94 valence electrons. The molecule has 0 aromatic carbocycles. The second-order valence-corrected chi connectivity index (χ2v) is 4.94. The highest BCUT2D eigenvalue weighted by Crippen LogP contribution is 2.37. The van der Waals surface area contributed by atoms with Gasteiger partial charge in [-0.15, -0.1) is 0 Å². The van der Waals surface area contributed by atoms with Crippen molar-refractivity contribution in [2.45, 2.75) is 44.9 Å². The lowest BCUT2D eigenvalue weighted by Crippen LogP contribution is -2.16. The Kier molecular flexibility index (Phi) is 3.94. The maximum atomic E-state index is 11.6. The summed E-state index contributed by atoms with van der Waals surface area (Å²) in [6.45, 7) is 2.77. The number of hydrogen-bond donors (Lipinski definition) is 2. The Morgan fingerprint density at radius 2 is 2.35 bits per heavy atom. The van der Waals surface area contributed by atoms with Gasteiger partial charge in [0, 0.05) is 24.1 Å². The van der Waals surface area contributed by atoms with E-state index in [0.29, 0.717) is 18.9 Å². The van der Waals surface area contributed by atoms with Crippen LogP contribution in [0.25, 0.3) is 0 Å². The van der Waals surface area contributed by atoms with E-state index in [2.05, 4.69) is 16.9 Å². The Morgan fingerprint density at radius 1 is 1.53 bits per heavy atom. The summed E-state index contributed by atoms with van der Waals surface area (Å²) in [6, 6.07) is 1.56. The largest absolute Gasteiger partial charge is 0.330 e. The third-order valence-electron chi connectivity index (χ3n) is 3.72. The van der Waals surface area contributed by atoms with Crippen LogP contribution in [0.1, 0.15) is 50.0 Å². The molecule has 0 radical (unpaired) electrons. The van der Waals surface area contributed by atoms with E-state index in [0.717, 1.165) is 30.3 Å². The van der Waals surface area contributed by atoms with Crippen LogP contribution in [0.4, 0.5) is 0 Å². The first-order valence-electron chi connectivity index (χ1n) is 6.53. The number of hydrogen-bond acceptors (Lipinski definition) is 3. The van der Waals surface area contributed by atoms with E-state index in [1.54, 1.807) is 6.07 Å². The summed E-state index contributed by atoms with van der Waals surface area (Å²) in [7, 11) is 0. The average Bonchev–Trinajstić information content (AvgIpc) is 2.77. The fourth-order valence-electron chi connectivity index (χ4n) is 2.69. The van der Waals surface area contributed by atoms with Gasteiger partial charge in [0.25, 0.3) is 5.56 Å². The molecule has 17 heavy (non-hydrogen) atoms. The first-order chi connectivity index (χ1) is 8.22. The molecule has 0 aliphatic heterocycles. The lowest BCUT2D eigenvalue weighted by Gasteiger charge is -2.10. The molecule has 0 saturated heterocycles. The van der Waals surface area contributed by atoms with Crippen LogP contribution >= 0.6 is 0 Å². The fourth-order valence-corrected chi connectivity index (χ4v) is 2.69. The number of rotatable bonds is 4. The SMILES string of the molecule is CCC1CCC(c2nc(CCN)cc(=O)[nH]2)C1. The Bertz CT molecular complexity index is 427. The van der Waals surface area contributed by atoms with Gasteiger partial charge in [-0.3, -0.25) is 4.79 Å². The van der Waals surface area contributed by atoms with Crippen LogP contribution in [0.2, 0.25) is 0 Å². The highest BCUT2D eigenvalue weighted by Gasteiger charge is 2.26. The Labute approximate surface area is 102 Å². The van der Waals surface area contributed by atoms with E-state index in [1.165, 1.54) is 12.8 Å². The van der Waals surface area contributed by atoms with Crippen LogP contribution in [-0.4, -0.2) is 16.5 Å². The van der Waals surface area contributed by atoms with Crippen molar-refractivity contribution in [3.05, 3.63) is 27.9 Å². The summed E-state index contributed by atoms with van der Waals surface area (Å²) in [5, 5.41) is 0. The number of aromatic nitrogens is 2. The summed E-state index contributed by atoms with van der Waals surface area (Å²) in [4.78, 5) is 19.0. The van der Waals surface area contributed by atoms with Gasteiger partial charge in [0.05, 0.1) is 0 Å². The Morgan fingerprint density at radius 3 is 3.00 bits per heavy atom. The van der Waals surface area contributed by atoms with Gasteiger partial charge in [-0.25, -0.2) is 4.98 Å². The van der Waals surface area contributed by atoms with E-state index in [9.17, 15) is 4.79 Å². The monoisotopic (exact) mass is 235 g/mol. The fraction of sp³-hybridized carbons (Fsp3) is 0.692. The molecule has 3 N–H and O–H groups in total. The van der Waals surface area contributed by atoms with Crippen molar-refractivity contribution in [1.82, 2.24) is 9.97 Å². The van der Waals surface area contributed by atoms with Crippen LogP contribution in [0.15, 0.2) is 10.9 Å². The molecule has 0 spiro atoms. The van der Waals surface area contributed by atoms with Gasteiger partial charge < -0.3 is 10.7 Å². The van der Waals surface area contributed by atoms with Crippen molar-refractivity contribution < 1.29 is 0 Å². The minimum absolute atomic E-state index is 0.0431. The van der Waals surface area contributed by atoms with Crippen LogP contribution < -0.4 is 11.3 Å². The summed E-state index contributed by atoms with van der Waals surface area (Å²) >= 11 is 0. The van der Waals surface area contributed by atoms with Crippen LogP contribution in [0.3, 0.4) is 0 Å². The van der Waals surface area contributed by atoms with E-state index in [4.69, 9.17) is 5.73 Å². The van der Waals surface area contributed by atoms with Crippen LogP contribution in [0, 0.1) is 5.92 Å². The van der Waals surface area contributed by atoms with Crippen molar-refractivity contribution in [2.75, 3.05) is 6.54 Å². The molecule has 1 fully saturated rings. The topological polar surface area (TPSA) is 71.8 Å². The van der Waals surface area contributed by atoms with E-state index in [-0.39, 0.29) is 5.56 Å². The van der Waals surface area contributed by atoms with E-state index >= 15 is 0 Å². The molecule has 2 rings (SSSR count). The molecule has 1 heterocycles. The number of nitrogens with one attached hydrogen (secondary N) is 1. The molecule has 4 heteroatoms. The van der Waals surface area contributed by atoms with Crippen LogP contribution in [-0.2, 0) is 6.42 Å². The molecule has 1 saturated carbocycles. The zero-order valence-electron chi connectivity index (χ0n) is 10.4. The maximum absolute atomic E-state index is 11.6. The molecular weight excluding hydrogens is 214 g/mol. The van der Waals surface area contributed by atoms with Gasteiger partial charge in [-0.1, -0.05) is 13.3 Å². The summed E-state index contributed by atoms with van der Waals surface area (Å²) in [6.07, 6.45) is 5.47. The molecule has 1 aromatic rings. The van der Waals surface area contributed by atoms with Crippen LogP contribution in [0.5, 0.6) is 0 Å². The van der Waals surface area contributed by atoms with Crippen molar-refractivity contribution in [2.24, 2.45) is 11.7 Å². The summed E-state index contributed by atoms with van der Waals surface area (Å²) < 4.78 is 0. The quantitative estimate of drug-likeness (QED) is 0.832. The highest BCUT2D eigenvalue weighted by atomic mass is 16.1. The van der Waals surface area contributed by atoms with Gasteiger partial charge in [-0.2, -0.15) is 0 Å². The zero-order valence-corrected chi connectivity index (χ0v) is 10.4. The Hall–Kier alpha value is -1.16. The highest BCUT2D eigenvalue weighted by molar-refractivity contribution is 5.08. The average molecular weight is 235 g/mol. The normalized spacial score (nSPS) is 24.1. The third kappa shape index (κ3) is 2.94. The van der Waals surface area contributed by atoms with E-state index < -0.39 is 0 Å². The molecule has 2 atom stereocenters. The predicted octanol–water partition coefficient (Wildman–Crippen LogP) is 1.56. The molecule has 1 aliphatic rings. The van der Waals surface area contributed by atoms with Crippen molar-refractivity contribution in [1.29, 1.82) is 0 Å². The molecular formula is C13H21N3O. The number of nitrogens with zero attached hydrogens (tertiary/aromatic N) is 1. The smallest absolute Gasteiger partial charge is 0.251 e. The molecule has 0 bridgehead atoms. The van der Waals surface area contributed by atoms with Gasteiger partial charge in [0.2, 0.25) is 0 Å². The minimum atomic E-state index is -0.0431. The number of H-pyrrole nitrogens is 1. The second-order valence-electron chi connectivity index (χ2n) is 4.94. The molecule has 1 aromatic heterocycles. The van der Waals surface area contributed by atoms with Gasteiger partial charge in [0.15, 0.2) is 0 Å². The summed E-state index contributed by atoms with van der Waals surface area (Å²) in [5.41, 5.74) is 6.29. The number of nitrogens with two attached hydrogens (primary N) is 1. The molecule has 2 unspecified atom stereocenters. The Balaban J connectivity index is 2.18.